The van der Waals surface area contributed by atoms with Crippen LogP contribution >= 0.6 is 15.9 Å². The van der Waals surface area contributed by atoms with E-state index >= 15 is 0 Å². The van der Waals surface area contributed by atoms with Gasteiger partial charge >= 0.3 is 5.97 Å². The summed E-state index contributed by atoms with van der Waals surface area (Å²) < 4.78 is 5.41. The number of carbonyl (C=O) groups is 1. The van der Waals surface area contributed by atoms with Crippen LogP contribution in [0.25, 0.3) is 0 Å². The highest BCUT2D eigenvalue weighted by atomic mass is 79.9. The fourth-order valence-electron chi connectivity index (χ4n) is 1.54. The number of halogens is 1. The molecule has 6 nitrogen and oxygen atoms in total. The van der Waals surface area contributed by atoms with Gasteiger partial charge in [-0.05, 0) is 42.8 Å². The van der Waals surface area contributed by atoms with E-state index in [2.05, 4.69) is 21.2 Å². The van der Waals surface area contributed by atoms with Gasteiger partial charge in [0.05, 0.1) is 11.5 Å². The molecular formula is C12H15BrN2O4. The Balaban J connectivity index is 2.94. The Kier molecular flexibility index (Phi) is 5.29. The van der Waals surface area contributed by atoms with Crippen molar-refractivity contribution in [1.82, 2.24) is 0 Å². The lowest BCUT2D eigenvalue weighted by atomic mass is 10.1. The van der Waals surface area contributed by atoms with Gasteiger partial charge in [0.1, 0.15) is 6.04 Å². The van der Waals surface area contributed by atoms with Crippen molar-refractivity contribution in [3.63, 3.8) is 0 Å². The summed E-state index contributed by atoms with van der Waals surface area (Å²) >= 11 is 3.25. The van der Waals surface area contributed by atoms with Crippen LogP contribution in [0.4, 0.5) is 11.4 Å². The number of rotatable bonds is 5. The SMILES string of the molecule is CCOC(=O)C(C)Nc1cc(C)c([N+](=O)[O-])cc1Br. The summed E-state index contributed by atoms with van der Waals surface area (Å²) in [6, 6.07) is 2.50. The van der Waals surface area contributed by atoms with Crippen molar-refractivity contribution in [3.8, 4) is 0 Å². The Morgan fingerprint density at radius 1 is 1.58 bits per heavy atom. The second-order valence-electron chi connectivity index (χ2n) is 3.99. The fourth-order valence-corrected chi connectivity index (χ4v) is 1.98. The molecule has 0 heterocycles. The van der Waals surface area contributed by atoms with Crippen molar-refractivity contribution in [2.24, 2.45) is 0 Å². The Labute approximate surface area is 119 Å². The molecule has 1 aromatic rings. The predicted molar refractivity (Wildman–Crippen MR) is 75.3 cm³/mol. The molecule has 0 aliphatic heterocycles. The Morgan fingerprint density at radius 2 is 2.21 bits per heavy atom. The van der Waals surface area contributed by atoms with E-state index in [1.54, 1.807) is 26.8 Å². The number of hydrogen-bond donors (Lipinski definition) is 1. The molecule has 0 fully saturated rings. The zero-order chi connectivity index (χ0) is 14.6. The lowest BCUT2D eigenvalue weighted by Gasteiger charge is -2.15. The van der Waals surface area contributed by atoms with Crippen molar-refractivity contribution in [1.29, 1.82) is 0 Å². The molecule has 0 saturated heterocycles. The smallest absolute Gasteiger partial charge is 0.328 e. The second-order valence-corrected chi connectivity index (χ2v) is 4.85. The molecule has 0 amide bonds. The first kappa shape index (κ1) is 15.4. The van der Waals surface area contributed by atoms with Gasteiger partial charge in [0, 0.05) is 21.8 Å². The number of hydrogen-bond acceptors (Lipinski definition) is 5. The van der Waals surface area contributed by atoms with Crippen molar-refractivity contribution in [2.45, 2.75) is 26.8 Å². The molecule has 1 atom stereocenters. The van der Waals surface area contributed by atoms with Gasteiger partial charge in [0.25, 0.3) is 5.69 Å². The molecule has 1 N–H and O–H groups in total. The highest BCUT2D eigenvalue weighted by Gasteiger charge is 2.18. The van der Waals surface area contributed by atoms with Crippen molar-refractivity contribution < 1.29 is 14.5 Å². The van der Waals surface area contributed by atoms with Gasteiger partial charge in [0.2, 0.25) is 0 Å². The monoisotopic (exact) mass is 330 g/mol. The molecule has 19 heavy (non-hydrogen) atoms. The van der Waals surface area contributed by atoms with E-state index in [9.17, 15) is 14.9 Å². The summed E-state index contributed by atoms with van der Waals surface area (Å²) in [5.74, 6) is -0.370. The molecule has 0 radical (unpaired) electrons. The Morgan fingerprint density at radius 3 is 2.74 bits per heavy atom. The summed E-state index contributed by atoms with van der Waals surface area (Å²) in [7, 11) is 0. The average molecular weight is 331 g/mol. The molecule has 0 aromatic heterocycles. The van der Waals surface area contributed by atoms with Crippen LogP contribution in [0.5, 0.6) is 0 Å². The predicted octanol–water partition coefficient (Wildman–Crippen LogP) is 3.03. The maximum absolute atomic E-state index is 11.5. The Hall–Kier alpha value is -1.63. The summed E-state index contributed by atoms with van der Waals surface area (Å²) in [5.41, 5.74) is 1.16. The normalized spacial score (nSPS) is 11.8. The van der Waals surface area contributed by atoms with Crippen LogP contribution < -0.4 is 5.32 Å². The fraction of sp³-hybridized carbons (Fsp3) is 0.417. The van der Waals surface area contributed by atoms with Crippen LogP contribution in [0, 0.1) is 17.0 Å². The standard InChI is InChI=1S/C12H15BrN2O4/c1-4-19-12(16)8(3)14-10-5-7(2)11(15(17)18)6-9(10)13/h5-6,8,14H,4H2,1-3H3. The summed E-state index contributed by atoms with van der Waals surface area (Å²) in [6.45, 7) is 5.35. The van der Waals surface area contributed by atoms with E-state index < -0.39 is 11.0 Å². The number of nitrogens with one attached hydrogen (secondary N) is 1. The summed E-state index contributed by atoms with van der Waals surface area (Å²) in [4.78, 5) is 21.9. The highest BCUT2D eigenvalue weighted by molar-refractivity contribution is 9.10. The third-order valence-electron chi connectivity index (χ3n) is 2.49. The zero-order valence-corrected chi connectivity index (χ0v) is 12.5. The number of benzene rings is 1. The zero-order valence-electron chi connectivity index (χ0n) is 10.9. The number of nitrogens with zero attached hydrogens (tertiary/aromatic N) is 1. The number of carbonyl (C=O) groups excluding carboxylic acids is 1. The molecule has 1 rings (SSSR count). The highest BCUT2D eigenvalue weighted by Crippen LogP contribution is 2.31. The van der Waals surface area contributed by atoms with Gasteiger partial charge in [-0.3, -0.25) is 10.1 Å². The summed E-state index contributed by atoms with van der Waals surface area (Å²) in [5, 5.41) is 13.7. The summed E-state index contributed by atoms with van der Waals surface area (Å²) in [6.07, 6.45) is 0. The van der Waals surface area contributed by atoms with Crippen LogP contribution in [0.15, 0.2) is 16.6 Å². The number of nitro benzene ring substituents is 1. The number of esters is 1. The van der Waals surface area contributed by atoms with Crippen LogP contribution in [-0.4, -0.2) is 23.5 Å². The lowest BCUT2D eigenvalue weighted by Crippen LogP contribution is -2.28. The maximum Gasteiger partial charge on any atom is 0.328 e. The van der Waals surface area contributed by atoms with Gasteiger partial charge in [-0.25, -0.2) is 4.79 Å². The quantitative estimate of drug-likeness (QED) is 0.509. The molecule has 0 saturated carbocycles. The van der Waals surface area contributed by atoms with E-state index in [0.29, 0.717) is 22.3 Å². The first-order valence-corrected chi connectivity index (χ1v) is 6.53. The third kappa shape index (κ3) is 3.92. The average Bonchev–Trinajstić information content (AvgIpc) is 2.33. The van der Waals surface area contributed by atoms with E-state index in [0.717, 1.165) is 0 Å². The lowest BCUT2D eigenvalue weighted by molar-refractivity contribution is -0.385. The third-order valence-corrected chi connectivity index (χ3v) is 3.15. The first-order chi connectivity index (χ1) is 8.86. The van der Waals surface area contributed by atoms with E-state index in [1.165, 1.54) is 6.07 Å². The number of ether oxygens (including phenoxy) is 1. The molecule has 104 valence electrons. The molecule has 0 spiro atoms. The van der Waals surface area contributed by atoms with E-state index in [4.69, 9.17) is 4.74 Å². The molecule has 0 aliphatic rings. The molecule has 1 aromatic carbocycles. The van der Waals surface area contributed by atoms with Crippen molar-refractivity contribution in [3.05, 3.63) is 32.3 Å². The number of anilines is 1. The number of aryl methyl sites for hydroxylation is 1. The first-order valence-electron chi connectivity index (χ1n) is 5.74. The molecular weight excluding hydrogens is 316 g/mol. The van der Waals surface area contributed by atoms with Gasteiger partial charge in [0.15, 0.2) is 0 Å². The van der Waals surface area contributed by atoms with Crippen LogP contribution in [0.3, 0.4) is 0 Å². The van der Waals surface area contributed by atoms with Gasteiger partial charge in [-0.15, -0.1) is 0 Å². The molecule has 7 heteroatoms. The maximum atomic E-state index is 11.5. The van der Waals surface area contributed by atoms with Gasteiger partial charge in [-0.1, -0.05) is 0 Å². The minimum absolute atomic E-state index is 0.0289. The van der Waals surface area contributed by atoms with Crippen molar-refractivity contribution in [2.75, 3.05) is 11.9 Å². The number of nitro groups is 1. The Bertz CT molecular complexity index is 505. The molecule has 0 bridgehead atoms. The van der Waals surface area contributed by atoms with E-state index in [-0.39, 0.29) is 11.7 Å². The largest absolute Gasteiger partial charge is 0.464 e. The van der Waals surface area contributed by atoms with Crippen LogP contribution in [0.1, 0.15) is 19.4 Å². The van der Waals surface area contributed by atoms with E-state index in [1.807, 2.05) is 0 Å². The van der Waals surface area contributed by atoms with Crippen molar-refractivity contribution >= 4 is 33.3 Å². The van der Waals surface area contributed by atoms with Gasteiger partial charge < -0.3 is 10.1 Å². The molecule has 1 unspecified atom stereocenters. The van der Waals surface area contributed by atoms with Gasteiger partial charge in [-0.2, -0.15) is 0 Å². The minimum atomic E-state index is -0.530. The van der Waals surface area contributed by atoms with Crippen LogP contribution in [-0.2, 0) is 9.53 Å². The minimum Gasteiger partial charge on any atom is -0.464 e. The second kappa shape index (κ2) is 6.51. The molecule has 0 aliphatic carbocycles. The topological polar surface area (TPSA) is 81.5 Å². The van der Waals surface area contributed by atoms with Crippen LogP contribution in [0.2, 0.25) is 0 Å².